The highest BCUT2D eigenvalue weighted by molar-refractivity contribution is 5.58. The normalized spacial score (nSPS) is 37.6. The van der Waals surface area contributed by atoms with Crippen molar-refractivity contribution in [1.82, 2.24) is 0 Å². The molecule has 1 aromatic carbocycles. The maximum absolute atomic E-state index is 10.9. The van der Waals surface area contributed by atoms with Gasteiger partial charge in [0.25, 0.3) is 0 Å². The van der Waals surface area contributed by atoms with Gasteiger partial charge < -0.3 is 14.3 Å². The van der Waals surface area contributed by atoms with Crippen LogP contribution in [0.2, 0.25) is 0 Å². The van der Waals surface area contributed by atoms with Gasteiger partial charge in [0.1, 0.15) is 6.10 Å². The Hall–Kier alpha value is -1.45. The second-order valence-electron chi connectivity index (χ2n) is 5.28. The Kier molecular flexibility index (Phi) is 3.49. The molecule has 3 nitrogen and oxygen atoms in total. The van der Waals surface area contributed by atoms with E-state index in [1.165, 1.54) is 0 Å². The molecule has 19 heavy (non-hydrogen) atoms. The Morgan fingerprint density at radius 2 is 1.84 bits per heavy atom. The fourth-order valence-electron chi connectivity index (χ4n) is 2.83. The highest BCUT2D eigenvalue weighted by Crippen LogP contribution is 2.36. The van der Waals surface area contributed by atoms with Crippen LogP contribution in [0.3, 0.4) is 0 Å². The first kappa shape index (κ1) is 12.6. The van der Waals surface area contributed by atoms with Gasteiger partial charge >= 0.3 is 0 Å². The molecule has 0 unspecified atom stereocenters. The molecule has 2 heterocycles. The molecule has 0 aromatic heterocycles. The van der Waals surface area contributed by atoms with E-state index in [4.69, 9.17) is 9.47 Å². The van der Waals surface area contributed by atoms with Gasteiger partial charge in [0.2, 0.25) is 0 Å². The van der Waals surface area contributed by atoms with E-state index in [-0.39, 0.29) is 30.3 Å². The van der Waals surface area contributed by atoms with Crippen LogP contribution in [0, 0.1) is 5.92 Å². The van der Waals surface area contributed by atoms with Gasteiger partial charge in [0.15, 0.2) is 6.29 Å². The van der Waals surface area contributed by atoms with Crippen molar-refractivity contribution >= 4 is 12.4 Å². The minimum absolute atomic E-state index is 0.0221. The van der Waals surface area contributed by atoms with Gasteiger partial charge in [0.05, 0.1) is 18.3 Å². The van der Waals surface area contributed by atoms with Crippen molar-refractivity contribution in [2.24, 2.45) is 5.92 Å². The van der Waals surface area contributed by atoms with Gasteiger partial charge in [-0.25, -0.2) is 0 Å². The SMILES string of the molecule is C[C@H]1[C@H](/C=C/c2ccccc2)O[C@@H]2C[C@H]1O[C@@H]2C=O. The highest BCUT2D eigenvalue weighted by Gasteiger charge is 2.46. The van der Waals surface area contributed by atoms with E-state index >= 15 is 0 Å². The summed E-state index contributed by atoms with van der Waals surface area (Å²) in [7, 11) is 0. The van der Waals surface area contributed by atoms with Crippen LogP contribution in [0.15, 0.2) is 36.4 Å². The molecule has 2 saturated heterocycles. The number of benzene rings is 1. The zero-order valence-corrected chi connectivity index (χ0v) is 10.9. The number of carbonyl (C=O) groups is 1. The summed E-state index contributed by atoms with van der Waals surface area (Å²) >= 11 is 0. The smallest absolute Gasteiger partial charge is 0.151 e. The van der Waals surface area contributed by atoms with Crippen LogP contribution in [0.4, 0.5) is 0 Å². The van der Waals surface area contributed by atoms with Gasteiger partial charge in [-0.1, -0.05) is 49.4 Å². The molecule has 0 amide bonds. The minimum Gasteiger partial charge on any atom is -0.367 e. The number of fused-ring (bicyclic) bond motifs is 2. The Morgan fingerprint density at radius 1 is 1.11 bits per heavy atom. The second-order valence-corrected chi connectivity index (χ2v) is 5.28. The molecule has 0 spiro atoms. The standard InChI is InChI=1S/C16H18O3/c1-11-13(8-7-12-5-3-2-4-6-12)18-15-9-14(11)19-16(15)10-17/h2-8,10-11,13-16H,9H2,1H3/b8-7+/t11-,13-,14+,15+,16+/m0/s1. The third kappa shape index (κ3) is 2.48. The van der Waals surface area contributed by atoms with Crippen LogP contribution < -0.4 is 0 Å². The van der Waals surface area contributed by atoms with Crippen molar-refractivity contribution in [1.29, 1.82) is 0 Å². The van der Waals surface area contributed by atoms with E-state index in [1.807, 2.05) is 18.2 Å². The van der Waals surface area contributed by atoms with Crippen molar-refractivity contribution in [3.05, 3.63) is 42.0 Å². The Balaban J connectivity index is 1.72. The molecule has 3 rings (SSSR count). The van der Waals surface area contributed by atoms with Crippen molar-refractivity contribution in [3.8, 4) is 0 Å². The summed E-state index contributed by atoms with van der Waals surface area (Å²) in [6.45, 7) is 2.12. The third-order valence-corrected chi connectivity index (χ3v) is 4.01. The summed E-state index contributed by atoms with van der Waals surface area (Å²) in [5.41, 5.74) is 1.16. The average molecular weight is 258 g/mol. The first-order chi connectivity index (χ1) is 9.28. The lowest BCUT2D eigenvalue weighted by atomic mass is 9.91. The first-order valence-corrected chi connectivity index (χ1v) is 6.77. The molecule has 0 saturated carbocycles. The van der Waals surface area contributed by atoms with Gasteiger partial charge in [-0.05, 0) is 5.56 Å². The zero-order chi connectivity index (χ0) is 13.2. The molecule has 0 N–H and O–H groups in total. The van der Waals surface area contributed by atoms with E-state index in [1.54, 1.807) is 0 Å². The maximum atomic E-state index is 10.9. The van der Waals surface area contributed by atoms with Crippen molar-refractivity contribution in [2.45, 2.75) is 37.8 Å². The number of rotatable bonds is 3. The highest BCUT2D eigenvalue weighted by atomic mass is 16.6. The van der Waals surface area contributed by atoms with Crippen LogP contribution in [0.25, 0.3) is 6.08 Å². The molecule has 1 aromatic rings. The Labute approximate surface area is 113 Å². The molecule has 0 aliphatic carbocycles. The van der Waals surface area contributed by atoms with E-state index < -0.39 is 0 Å². The predicted molar refractivity (Wildman–Crippen MR) is 72.6 cm³/mol. The van der Waals surface area contributed by atoms with E-state index in [2.05, 4.69) is 31.2 Å². The van der Waals surface area contributed by atoms with Gasteiger partial charge in [0, 0.05) is 12.3 Å². The van der Waals surface area contributed by atoms with Crippen molar-refractivity contribution < 1.29 is 14.3 Å². The molecule has 0 radical (unpaired) electrons. The molecule has 100 valence electrons. The lowest BCUT2D eigenvalue weighted by Gasteiger charge is -2.31. The number of aldehydes is 1. The van der Waals surface area contributed by atoms with E-state index in [0.717, 1.165) is 18.3 Å². The van der Waals surface area contributed by atoms with Crippen LogP contribution in [0.5, 0.6) is 0 Å². The Morgan fingerprint density at radius 3 is 2.58 bits per heavy atom. The molecular formula is C16H18O3. The van der Waals surface area contributed by atoms with Crippen molar-refractivity contribution in [3.63, 3.8) is 0 Å². The summed E-state index contributed by atoms with van der Waals surface area (Å²) in [6, 6.07) is 10.1. The maximum Gasteiger partial charge on any atom is 0.151 e. The fraction of sp³-hybridized carbons (Fsp3) is 0.438. The lowest BCUT2D eigenvalue weighted by Crippen LogP contribution is -2.37. The van der Waals surface area contributed by atoms with Crippen molar-refractivity contribution in [2.75, 3.05) is 0 Å². The first-order valence-electron chi connectivity index (χ1n) is 6.77. The topological polar surface area (TPSA) is 35.5 Å². The molecule has 2 fully saturated rings. The average Bonchev–Trinajstić information content (AvgIpc) is 2.81. The van der Waals surface area contributed by atoms with E-state index in [9.17, 15) is 4.79 Å². The second kappa shape index (κ2) is 5.27. The predicted octanol–water partition coefficient (Wildman–Crippen LogP) is 2.46. The molecular weight excluding hydrogens is 240 g/mol. The van der Waals surface area contributed by atoms with Crippen LogP contribution in [-0.2, 0) is 14.3 Å². The van der Waals surface area contributed by atoms with Gasteiger partial charge in [-0.3, -0.25) is 0 Å². The molecule has 3 heteroatoms. The number of hydrogen-bond acceptors (Lipinski definition) is 3. The van der Waals surface area contributed by atoms with Gasteiger partial charge in [-0.2, -0.15) is 0 Å². The monoisotopic (exact) mass is 258 g/mol. The molecule has 2 aliphatic rings. The Bertz CT molecular complexity index is 468. The summed E-state index contributed by atoms with van der Waals surface area (Å²) < 4.78 is 11.7. The van der Waals surface area contributed by atoms with Crippen LogP contribution in [-0.4, -0.2) is 30.7 Å². The van der Waals surface area contributed by atoms with Crippen LogP contribution >= 0.6 is 0 Å². The summed E-state index contributed by atoms with van der Waals surface area (Å²) in [5, 5.41) is 0. The summed E-state index contributed by atoms with van der Waals surface area (Å²) in [6.07, 6.45) is 5.54. The minimum atomic E-state index is -0.387. The van der Waals surface area contributed by atoms with Gasteiger partial charge in [-0.15, -0.1) is 0 Å². The molecule has 2 aliphatic heterocycles. The summed E-state index contributed by atoms with van der Waals surface area (Å²) in [5.74, 6) is 0.279. The number of hydrogen-bond donors (Lipinski definition) is 0. The molecule has 5 atom stereocenters. The van der Waals surface area contributed by atoms with E-state index in [0.29, 0.717) is 0 Å². The summed E-state index contributed by atoms with van der Waals surface area (Å²) in [4.78, 5) is 10.9. The zero-order valence-electron chi connectivity index (χ0n) is 10.9. The number of carbonyl (C=O) groups excluding carboxylic acids is 1. The molecule has 2 bridgehead atoms. The van der Waals surface area contributed by atoms with Crippen LogP contribution in [0.1, 0.15) is 18.9 Å². The lowest BCUT2D eigenvalue weighted by molar-refractivity contribution is -0.120. The largest absolute Gasteiger partial charge is 0.367 e. The fourth-order valence-corrected chi connectivity index (χ4v) is 2.83. The third-order valence-electron chi connectivity index (χ3n) is 4.01. The number of ether oxygens (including phenoxy) is 2. The quantitative estimate of drug-likeness (QED) is 0.781.